The first-order valence-corrected chi connectivity index (χ1v) is 9.26. The Morgan fingerprint density at radius 2 is 1.74 bits per heavy atom. The number of nitrogens with zero attached hydrogens (tertiary/aromatic N) is 1. The van der Waals surface area contributed by atoms with Gasteiger partial charge in [-0.25, -0.2) is 0 Å². The van der Waals surface area contributed by atoms with Crippen molar-refractivity contribution >= 4 is 11.9 Å². The van der Waals surface area contributed by atoms with Crippen molar-refractivity contribution in [3.05, 3.63) is 71.3 Å². The van der Waals surface area contributed by atoms with Crippen molar-refractivity contribution in [1.82, 2.24) is 4.90 Å². The molecule has 27 heavy (non-hydrogen) atoms. The molecular formula is C22H26N2O3. The third kappa shape index (κ3) is 4.19. The molecule has 1 aliphatic heterocycles. The standard InChI is InChI=1S/C22H26N2O3/c1-15(16-8-4-3-5-9-16)21(23)22(26)24-14-18-11-7-6-10-17(18)12-19(24)13-20(25)27-2/h3-11,15,19,21H,12-14,23H2,1-2H3/t15-,19-,21+/m1/s1. The molecule has 3 atom stereocenters. The molecule has 142 valence electrons. The van der Waals surface area contributed by atoms with Gasteiger partial charge in [-0.15, -0.1) is 0 Å². The summed E-state index contributed by atoms with van der Waals surface area (Å²) in [6.45, 7) is 2.43. The van der Waals surface area contributed by atoms with Gasteiger partial charge in [-0.2, -0.15) is 0 Å². The lowest BCUT2D eigenvalue weighted by Crippen LogP contribution is -2.53. The number of ether oxygens (including phenoxy) is 1. The SMILES string of the molecule is COC(=O)C[C@H]1Cc2ccccc2CN1C(=O)[C@@H](N)[C@H](C)c1ccccc1. The van der Waals surface area contributed by atoms with E-state index in [2.05, 4.69) is 0 Å². The van der Waals surface area contributed by atoms with E-state index in [4.69, 9.17) is 10.5 Å². The van der Waals surface area contributed by atoms with Gasteiger partial charge in [0.05, 0.1) is 19.6 Å². The van der Waals surface area contributed by atoms with Gasteiger partial charge in [-0.05, 0) is 23.1 Å². The van der Waals surface area contributed by atoms with Gasteiger partial charge in [-0.3, -0.25) is 9.59 Å². The predicted octanol–water partition coefficient (Wildman–Crippen LogP) is 2.63. The molecule has 5 heteroatoms. The number of nitrogens with two attached hydrogens (primary N) is 1. The van der Waals surface area contributed by atoms with Crippen LogP contribution in [-0.4, -0.2) is 36.0 Å². The summed E-state index contributed by atoms with van der Waals surface area (Å²) >= 11 is 0. The highest BCUT2D eigenvalue weighted by Gasteiger charge is 2.35. The first-order valence-electron chi connectivity index (χ1n) is 9.26. The number of hydrogen-bond donors (Lipinski definition) is 1. The van der Waals surface area contributed by atoms with Crippen LogP contribution in [-0.2, 0) is 27.3 Å². The Hall–Kier alpha value is -2.66. The molecule has 0 spiro atoms. The van der Waals surface area contributed by atoms with Crippen LogP contribution in [0.15, 0.2) is 54.6 Å². The number of amides is 1. The van der Waals surface area contributed by atoms with Gasteiger partial charge in [0.1, 0.15) is 0 Å². The molecule has 2 aromatic rings. The second kappa shape index (κ2) is 8.35. The second-order valence-corrected chi connectivity index (χ2v) is 7.10. The summed E-state index contributed by atoms with van der Waals surface area (Å²) in [5, 5.41) is 0. The summed E-state index contributed by atoms with van der Waals surface area (Å²) in [4.78, 5) is 26.9. The van der Waals surface area contributed by atoms with Gasteiger partial charge in [0.15, 0.2) is 0 Å². The van der Waals surface area contributed by atoms with E-state index in [0.29, 0.717) is 13.0 Å². The normalized spacial score (nSPS) is 18.3. The minimum Gasteiger partial charge on any atom is -0.469 e. The lowest BCUT2D eigenvalue weighted by atomic mass is 9.89. The maximum atomic E-state index is 13.3. The minimum atomic E-state index is -0.669. The molecule has 0 bridgehead atoms. The zero-order chi connectivity index (χ0) is 19.4. The van der Waals surface area contributed by atoms with Crippen LogP contribution in [0.2, 0.25) is 0 Å². The van der Waals surface area contributed by atoms with Gasteiger partial charge in [-0.1, -0.05) is 61.5 Å². The Kier molecular flexibility index (Phi) is 5.91. The fourth-order valence-corrected chi connectivity index (χ4v) is 3.67. The van der Waals surface area contributed by atoms with Crippen LogP contribution in [0.5, 0.6) is 0 Å². The average molecular weight is 366 g/mol. The lowest BCUT2D eigenvalue weighted by molar-refractivity contribution is -0.144. The molecule has 1 heterocycles. The summed E-state index contributed by atoms with van der Waals surface area (Å²) in [7, 11) is 1.37. The Morgan fingerprint density at radius 3 is 2.41 bits per heavy atom. The van der Waals surface area contributed by atoms with Gasteiger partial charge in [0, 0.05) is 18.5 Å². The fourth-order valence-electron chi connectivity index (χ4n) is 3.67. The van der Waals surface area contributed by atoms with Crippen LogP contribution in [0, 0.1) is 0 Å². The topological polar surface area (TPSA) is 72.6 Å². The van der Waals surface area contributed by atoms with E-state index in [9.17, 15) is 9.59 Å². The first kappa shape index (κ1) is 19.1. The summed E-state index contributed by atoms with van der Waals surface area (Å²) in [5.74, 6) is -0.564. The molecule has 1 aliphatic rings. The average Bonchev–Trinajstić information content (AvgIpc) is 2.72. The number of carbonyl (C=O) groups excluding carboxylic acids is 2. The molecule has 5 nitrogen and oxygen atoms in total. The lowest BCUT2D eigenvalue weighted by Gasteiger charge is -2.38. The minimum absolute atomic E-state index is 0.116. The molecule has 0 aromatic heterocycles. The Bertz CT molecular complexity index is 806. The van der Waals surface area contributed by atoms with E-state index < -0.39 is 6.04 Å². The zero-order valence-corrected chi connectivity index (χ0v) is 15.8. The molecule has 0 saturated heterocycles. The maximum absolute atomic E-state index is 13.3. The summed E-state index contributed by atoms with van der Waals surface area (Å²) in [5.41, 5.74) is 9.66. The molecule has 0 radical (unpaired) electrons. The van der Waals surface area contributed by atoms with E-state index in [-0.39, 0.29) is 30.3 Å². The smallest absolute Gasteiger partial charge is 0.307 e. The van der Waals surface area contributed by atoms with Gasteiger partial charge in [0.2, 0.25) is 5.91 Å². The number of benzene rings is 2. The third-order valence-corrected chi connectivity index (χ3v) is 5.42. The highest BCUT2D eigenvalue weighted by Crippen LogP contribution is 2.28. The monoisotopic (exact) mass is 366 g/mol. The van der Waals surface area contributed by atoms with Crippen molar-refractivity contribution in [3.8, 4) is 0 Å². The first-order chi connectivity index (χ1) is 13.0. The largest absolute Gasteiger partial charge is 0.469 e. The third-order valence-electron chi connectivity index (χ3n) is 5.42. The molecule has 0 fully saturated rings. The zero-order valence-electron chi connectivity index (χ0n) is 15.8. The predicted molar refractivity (Wildman–Crippen MR) is 104 cm³/mol. The molecule has 0 unspecified atom stereocenters. The highest BCUT2D eigenvalue weighted by molar-refractivity contribution is 5.84. The Labute approximate surface area is 160 Å². The molecule has 0 saturated carbocycles. The van der Waals surface area contributed by atoms with Crippen molar-refractivity contribution in [1.29, 1.82) is 0 Å². The van der Waals surface area contributed by atoms with Crippen LogP contribution in [0.1, 0.15) is 36.0 Å². The number of carbonyl (C=O) groups is 2. The van der Waals surface area contributed by atoms with Crippen LogP contribution in [0.3, 0.4) is 0 Å². The van der Waals surface area contributed by atoms with Crippen LogP contribution < -0.4 is 5.73 Å². The van der Waals surface area contributed by atoms with Crippen LogP contribution in [0.25, 0.3) is 0 Å². The number of fused-ring (bicyclic) bond motifs is 1. The van der Waals surface area contributed by atoms with E-state index in [1.165, 1.54) is 12.7 Å². The molecule has 3 rings (SSSR count). The number of hydrogen-bond acceptors (Lipinski definition) is 4. The maximum Gasteiger partial charge on any atom is 0.307 e. The Morgan fingerprint density at radius 1 is 1.11 bits per heavy atom. The van der Waals surface area contributed by atoms with Gasteiger partial charge < -0.3 is 15.4 Å². The molecule has 0 aliphatic carbocycles. The quantitative estimate of drug-likeness (QED) is 0.826. The van der Waals surface area contributed by atoms with Gasteiger partial charge >= 0.3 is 5.97 Å². The van der Waals surface area contributed by atoms with E-state index >= 15 is 0 Å². The van der Waals surface area contributed by atoms with Crippen LogP contribution in [0.4, 0.5) is 0 Å². The van der Waals surface area contributed by atoms with Crippen molar-refractivity contribution in [2.75, 3.05) is 7.11 Å². The van der Waals surface area contributed by atoms with Crippen molar-refractivity contribution in [3.63, 3.8) is 0 Å². The Balaban J connectivity index is 1.84. The second-order valence-electron chi connectivity index (χ2n) is 7.10. The molecule has 2 N–H and O–H groups in total. The van der Waals surface area contributed by atoms with E-state index in [1.54, 1.807) is 4.90 Å². The van der Waals surface area contributed by atoms with Gasteiger partial charge in [0.25, 0.3) is 0 Å². The summed E-state index contributed by atoms with van der Waals surface area (Å²) < 4.78 is 4.84. The summed E-state index contributed by atoms with van der Waals surface area (Å²) in [6, 6.07) is 16.9. The number of rotatable bonds is 5. The number of methoxy groups -OCH3 is 1. The van der Waals surface area contributed by atoms with Crippen molar-refractivity contribution < 1.29 is 14.3 Å². The summed E-state index contributed by atoms with van der Waals surface area (Å²) in [6.07, 6.45) is 0.798. The molecule has 2 aromatic carbocycles. The fraction of sp³-hybridized carbons (Fsp3) is 0.364. The highest BCUT2D eigenvalue weighted by atomic mass is 16.5. The molecular weight excluding hydrogens is 340 g/mol. The molecule has 1 amide bonds. The van der Waals surface area contributed by atoms with Crippen molar-refractivity contribution in [2.45, 2.75) is 44.3 Å². The number of esters is 1. The van der Waals surface area contributed by atoms with Crippen LogP contribution >= 0.6 is 0 Å². The van der Waals surface area contributed by atoms with Crippen molar-refractivity contribution in [2.24, 2.45) is 5.73 Å². The van der Waals surface area contributed by atoms with E-state index in [1.807, 2.05) is 61.5 Å². The van der Waals surface area contributed by atoms with E-state index in [0.717, 1.165) is 11.1 Å².